The van der Waals surface area contributed by atoms with Gasteiger partial charge in [0.2, 0.25) is 0 Å². The number of nitrogens with zero attached hydrogens (tertiary/aromatic N) is 2. The van der Waals surface area contributed by atoms with Crippen molar-refractivity contribution in [3.63, 3.8) is 0 Å². The summed E-state index contributed by atoms with van der Waals surface area (Å²) >= 11 is 0.964. The number of benzene rings is 1. The topological polar surface area (TPSA) is 92.2 Å². The van der Waals surface area contributed by atoms with Gasteiger partial charge < -0.3 is 5.11 Å². The van der Waals surface area contributed by atoms with E-state index >= 15 is 0 Å². The zero-order chi connectivity index (χ0) is 15.3. The highest BCUT2D eigenvalue weighted by Gasteiger charge is 2.18. The monoisotopic (exact) mass is 323 g/mol. The highest BCUT2D eigenvalue weighted by atomic mass is 32.2. The zero-order valence-corrected chi connectivity index (χ0v) is 12.8. The van der Waals surface area contributed by atoms with E-state index < -0.39 is 10.0 Å². The maximum absolute atomic E-state index is 12.4. The quantitative estimate of drug-likeness (QED) is 0.829. The average molecular weight is 323 g/mol. The van der Waals surface area contributed by atoms with Gasteiger partial charge in [0, 0.05) is 23.5 Å². The Labute approximate surface area is 127 Å². The van der Waals surface area contributed by atoms with Gasteiger partial charge in [-0.05, 0) is 24.6 Å². The summed E-state index contributed by atoms with van der Waals surface area (Å²) in [6, 6.07) is 4.95. The van der Waals surface area contributed by atoms with Crippen LogP contribution in [0.2, 0.25) is 0 Å². The zero-order valence-electron chi connectivity index (χ0n) is 11.2. The Morgan fingerprint density at radius 3 is 2.90 bits per heavy atom. The number of anilines is 1. The summed E-state index contributed by atoms with van der Waals surface area (Å²) in [4.78, 5) is 0.159. The smallest absolute Gasteiger partial charge is 0.262 e. The van der Waals surface area contributed by atoms with E-state index in [1.807, 2.05) is 0 Å². The summed E-state index contributed by atoms with van der Waals surface area (Å²) in [6.07, 6.45) is 1.70. The molecule has 110 valence electrons. The lowest BCUT2D eigenvalue weighted by atomic mass is 10.1. The van der Waals surface area contributed by atoms with Crippen LogP contribution in [0.4, 0.5) is 5.00 Å². The van der Waals surface area contributed by atoms with Crippen molar-refractivity contribution in [3.05, 3.63) is 35.5 Å². The summed E-state index contributed by atoms with van der Waals surface area (Å²) in [6.45, 7) is 1.69. The summed E-state index contributed by atoms with van der Waals surface area (Å²) in [5.41, 5.74) is 1.20. The van der Waals surface area contributed by atoms with Crippen molar-refractivity contribution in [2.75, 3.05) is 11.3 Å². The van der Waals surface area contributed by atoms with Crippen LogP contribution in [0.25, 0.3) is 0 Å². The lowest BCUT2D eigenvalue weighted by Crippen LogP contribution is -2.13. The molecule has 0 aliphatic rings. The molecule has 0 unspecified atom stereocenters. The van der Waals surface area contributed by atoms with Crippen molar-refractivity contribution in [1.29, 1.82) is 0 Å². The first kappa shape index (κ1) is 15.4. The Morgan fingerprint density at radius 2 is 2.24 bits per heavy atom. The third-order valence-corrected chi connectivity index (χ3v) is 4.76. The Balaban J connectivity index is 2.34. The summed E-state index contributed by atoms with van der Waals surface area (Å²) in [5.74, 6) is 5.58. The van der Waals surface area contributed by atoms with Crippen LogP contribution in [0.3, 0.4) is 0 Å². The number of aliphatic hydroxyl groups is 1. The number of hydrogen-bond donors (Lipinski definition) is 2. The van der Waals surface area contributed by atoms with E-state index in [2.05, 4.69) is 26.1 Å². The van der Waals surface area contributed by atoms with Crippen LogP contribution < -0.4 is 4.72 Å². The Hall–Kier alpha value is -1.95. The van der Waals surface area contributed by atoms with Gasteiger partial charge in [-0.3, -0.25) is 4.72 Å². The van der Waals surface area contributed by atoms with Crippen molar-refractivity contribution in [1.82, 2.24) is 9.59 Å². The van der Waals surface area contributed by atoms with E-state index in [0.29, 0.717) is 22.5 Å². The minimum Gasteiger partial charge on any atom is -0.395 e. The van der Waals surface area contributed by atoms with Gasteiger partial charge in [-0.15, -0.1) is 5.10 Å². The third kappa shape index (κ3) is 4.01. The molecule has 0 aliphatic carbocycles. The summed E-state index contributed by atoms with van der Waals surface area (Å²) in [7, 11) is -3.70. The molecule has 0 aliphatic heterocycles. The largest absolute Gasteiger partial charge is 0.395 e. The van der Waals surface area contributed by atoms with Gasteiger partial charge in [0.1, 0.15) is 5.00 Å². The van der Waals surface area contributed by atoms with Gasteiger partial charge in [0.25, 0.3) is 10.0 Å². The standard InChI is InChI=1S/C13H13N3O3S2/c1-10-5-6-11(4-2-3-7-17)8-12(10)21(18,19)15-13-9-14-16-20-13/h5-6,8-9,15,17H,3,7H2,1H3. The number of aryl methyl sites for hydroxylation is 1. The molecule has 0 fully saturated rings. The molecule has 2 rings (SSSR count). The van der Waals surface area contributed by atoms with Crippen molar-refractivity contribution in [2.45, 2.75) is 18.2 Å². The highest BCUT2D eigenvalue weighted by molar-refractivity contribution is 7.93. The van der Waals surface area contributed by atoms with E-state index in [4.69, 9.17) is 5.11 Å². The first-order valence-electron chi connectivity index (χ1n) is 6.03. The molecule has 1 aromatic carbocycles. The Morgan fingerprint density at radius 1 is 1.43 bits per heavy atom. The molecule has 2 aromatic rings. The molecule has 1 heterocycles. The maximum Gasteiger partial charge on any atom is 0.262 e. The first-order chi connectivity index (χ1) is 10.0. The lowest BCUT2D eigenvalue weighted by molar-refractivity contribution is 0.305. The van der Waals surface area contributed by atoms with Gasteiger partial charge in [-0.2, -0.15) is 0 Å². The molecule has 0 bridgehead atoms. The molecule has 0 amide bonds. The minimum absolute atomic E-state index is 0.0239. The fourth-order valence-corrected chi connectivity index (χ4v) is 3.54. The van der Waals surface area contributed by atoms with E-state index in [1.165, 1.54) is 12.3 Å². The average Bonchev–Trinajstić information content (AvgIpc) is 2.93. The summed E-state index contributed by atoms with van der Waals surface area (Å²) < 4.78 is 30.7. The molecule has 0 spiro atoms. The molecule has 1 aromatic heterocycles. The molecule has 8 heteroatoms. The van der Waals surface area contributed by atoms with Crippen LogP contribution in [0.1, 0.15) is 17.5 Å². The van der Waals surface area contributed by atoms with E-state index in [9.17, 15) is 8.42 Å². The molecule has 21 heavy (non-hydrogen) atoms. The van der Waals surface area contributed by atoms with E-state index in [1.54, 1.807) is 19.1 Å². The predicted molar refractivity (Wildman–Crippen MR) is 80.5 cm³/mol. The number of aliphatic hydroxyl groups excluding tert-OH is 1. The predicted octanol–water partition coefficient (Wildman–Crippen LogP) is 1.38. The normalized spacial score (nSPS) is 10.8. The van der Waals surface area contributed by atoms with Crippen molar-refractivity contribution in [3.8, 4) is 11.8 Å². The van der Waals surface area contributed by atoms with Crippen LogP contribution in [-0.4, -0.2) is 29.7 Å². The fraction of sp³-hybridized carbons (Fsp3) is 0.231. The van der Waals surface area contributed by atoms with E-state index in [0.717, 1.165) is 11.5 Å². The second-order valence-electron chi connectivity index (χ2n) is 4.14. The lowest BCUT2D eigenvalue weighted by Gasteiger charge is -2.08. The van der Waals surface area contributed by atoms with Gasteiger partial charge in [0.05, 0.1) is 17.7 Å². The molecule has 0 saturated heterocycles. The van der Waals surface area contributed by atoms with Crippen molar-refractivity contribution < 1.29 is 13.5 Å². The first-order valence-corrected chi connectivity index (χ1v) is 8.29. The van der Waals surface area contributed by atoms with Gasteiger partial charge in [0.15, 0.2) is 0 Å². The second-order valence-corrected chi connectivity index (χ2v) is 6.58. The number of nitrogens with one attached hydrogen (secondary N) is 1. The number of aromatic nitrogens is 2. The van der Waals surface area contributed by atoms with Gasteiger partial charge in [-0.1, -0.05) is 22.4 Å². The van der Waals surface area contributed by atoms with Gasteiger partial charge >= 0.3 is 0 Å². The molecule has 0 atom stereocenters. The van der Waals surface area contributed by atoms with Crippen LogP contribution in [-0.2, 0) is 10.0 Å². The molecule has 0 saturated carbocycles. The van der Waals surface area contributed by atoms with E-state index in [-0.39, 0.29) is 11.5 Å². The number of rotatable bonds is 4. The number of sulfonamides is 1. The maximum atomic E-state index is 12.4. The summed E-state index contributed by atoms with van der Waals surface area (Å²) in [5, 5.41) is 12.6. The SMILES string of the molecule is Cc1ccc(C#CCCO)cc1S(=O)(=O)Nc1cnns1. The Bertz CT molecular complexity index is 775. The number of hydrogen-bond acceptors (Lipinski definition) is 6. The second kappa shape index (κ2) is 6.67. The van der Waals surface area contributed by atoms with Crippen LogP contribution in [0.5, 0.6) is 0 Å². The van der Waals surface area contributed by atoms with Crippen LogP contribution in [0.15, 0.2) is 29.3 Å². The minimum atomic E-state index is -3.70. The highest BCUT2D eigenvalue weighted by Crippen LogP contribution is 2.21. The molecule has 0 radical (unpaired) electrons. The van der Waals surface area contributed by atoms with Crippen LogP contribution in [0, 0.1) is 18.8 Å². The molecule has 6 nitrogen and oxygen atoms in total. The third-order valence-electron chi connectivity index (χ3n) is 2.54. The Kier molecular flexibility index (Phi) is 4.90. The fourth-order valence-electron chi connectivity index (χ4n) is 1.59. The van der Waals surface area contributed by atoms with Crippen molar-refractivity contribution in [2.24, 2.45) is 0 Å². The molecule has 2 N–H and O–H groups in total. The van der Waals surface area contributed by atoms with Crippen LogP contribution >= 0.6 is 11.5 Å². The molecular formula is C13H13N3O3S2. The van der Waals surface area contributed by atoms with Crippen molar-refractivity contribution >= 4 is 26.6 Å². The van der Waals surface area contributed by atoms with Gasteiger partial charge in [-0.25, -0.2) is 8.42 Å². The molecular weight excluding hydrogens is 310 g/mol.